The van der Waals surface area contributed by atoms with Crippen molar-refractivity contribution in [1.29, 1.82) is 0 Å². The summed E-state index contributed by atoms with van der Waals surface area (Å²) >= 11 is 0.815. The number of alkyl halides is 6. The van der Waals surface area contributed by atoms with E-state index in [2.05, 4.69) is 22.3 Å². The number of nitrogens with two attached hydrogens (primary N) is 1. The normalized spacial score (nSPS) is 15.5. The number of benzene rings is 2. The number of ketones is 1. The maximum Gasteiger partial charge on any atom is 0.490 e. The molecule has 4 N–H and O–H groups in total. The molecule has 3 rings (SSSR count). The molecule has 17 heteroatoms. The number of halogens is 6. The second-order valence-corrected chi connectivity index (χ2v) is 11.8. The lowest BCUT2D eigenvalue weighted by Crippen LogP contribution is -2.53. The molecule has 264 valence electrons. The minimum absolute atomic E-state index is 0.119. The molecule has 10 nitrogen and oxygen atoms in total. The molecule has 48 heavy (non-hydrogen) atoms. The van der Waals surface area contributed by atoms with E-state index >= 15 is 0 Å². The van der Waals surface area contributed by atoms with Gasteiger partial charge in [-0.1, -0.05) is 48.5 Å². The molecule has 0 spiro atoms. The van der Waals surface area contributed by atoms with Gasteiger partial charge in [-0.3, -0.25) is 19.2 Å². The number of Topliss-reactive ketones (excluding diaryl/α,β-unsaturated/α-hetero) is 1. The maximum atomic E-state index is 13.3. The monoisotopic (exact) mass is 706 g/mol. The van der Waals surface area contributed by atoms with Crippen LogP contribution < -0.4 is 11.1 Å². The molecule has 1 unspecified atom stereocenters. The number of aliphatic carboxylic acids is 1. The topological polar surface area (TPSA) is 150 Å². The number of hydrogen-bond donors (Lipinski definition) is 3. The molecule has 1 fully saturated rings. The number of carboxylic acids is 1. The van der Waals surface area contributed by atoms with Crippen LogP contribution in [0.5, 0.6) is 0 Å². The largest absolute Gasteiger partial charge is 0.490 e. The Labute approximate surface area is 277 Å². The lowest BCUT2D eigenvalue weighted by Gasteiger charge is -2.31. The molecule has 2 atom stereocenters. The zero-order chi connectivity index (χ0) is 35.9. The number of hydrogen-bond acceptors (Lipinski definition) is 7. The first-order valence-corrected chi connectivity index (χ1v) is 15.8. The van der Waals surface area contributed by atoms with Gasteiger partial charge in [0.05, 0.1) is 12.3 Å². The van der Waals surface area contributed by atoms with E-state index in [4.69, 9.17) is 15.6 Å². The average molecular weight is 707 g/mol. The Morgan fingerprint density at radius 1 is 0.958 bits per heavy atom. The van der Waals surface area contributed by atoms with Gasteiger partial charge in [0.1, 0.15) is 6.04 Å². The van der Waals surface area contributed by atoms with E-state index in [1.807, 2.05) is 18.2 Å². The van der Waals surface area contributed by atoms with Gasteiger partial charge >= 0.3 is 18.3 Å². The third-order valence-electron chi connectivity index (χ3n) is 7.22. The summed E-state index contributed by atoms with van der Waals surface area (Å²) in [5.74, 6) is -6.42. The van der Waals surface area contributed by atoms with Crippen molar-refractivity contribution in [2.24, 2.45) is 5.73 Å². The molecule has 1 heterocycles. The zero-order valence-electron chi connectivity index (χ0n) is 25.6. The third-order valence-corrected chi connectivity index (χ3v) is 8.26. The van der Waals surface area contributed by atoms with Crippen LogP contribution in [0.15, 0.2) is 60.7 Å². The number of carbonyl (C=O) groups is 5. The van der Waals surface area contributed by atoms with Crippen LogP contribution in [-0.4, -0.2) is 107 Å². The van der Waals surface area contributed by atoms with Crippen molar-refractivity contribution < 1.29 is 55.4 Å². The first-order valence-electron chi connectivity index (χ1n) is 14.7. The smallest absolute Gasteiger partial charge is 0.475 e. The number of likely N-dealkylation sites (tertiary alicyclic amines) is 1. The Morgan fingerprint density at radius 2 is 1.54 bits per heavy atom. The summed E-state index contributed by atoms with van der Waals surface area (Å²) in [5, 5.41) is 9.71. The van der Waals surface area contributed by atoms with Gasteiger partial charge in [0.25, 0.3) is 5.91 Å². The number of rotatable bonds is 15. The molecule has 0 bridgehead atoms. The molecule has 1 aliphatic rings. The van der Waals surface area contributed by atoms with E-state index in [1.54, 1.807) is 30.3 Å². The summed E-state index contributed by atoms with van der Waals surface area (Å²) in [6.07, 6.45) is -8.62. The highest BCUT2D eigenvalue weighted by atomic mass is 32.2. The number of nitrogens with zero attached hydrogens (tertiary/aromatic N) is 2. The van der Waals surface area contributed by atoms with Gasteiger partial charge in [-0.2, -0.15) is 38.1 Å². The van der Waals surface area contributed by atoms with Crippen LogP contribution in [0.4, 0.5) is 26.3 Å². The lowest BCUT2D eigenvalue weighted by molar-refractivity contribution is -0.192. The van der Waals surface area contributed by atoms with E-state index in [0.717, 1.165) is 31.3 Å². The maximum absolute atomic E-state index is 13.3. The van der Waals surface area contributed by atoms with E-state index in [0.29, 0.717) is 18.0 Å². The number of primary amides is 1. The van der Waals surface area contributed by atoms with E-state index in [-0.39, 0.29) is 31.7 Å². The summed E-state index contributed by atoms with van der Waals surface area (Å²) in [6, 6.07) is 17.5. The standard InChI is InChI=1S/C29H35F3N4O4S.C2HF3O2/c30-29(31,32)25(37)20-41-17-7-12-24(27(33)39)36(26(38)18-34-28(40)22-10-5-2-6-11-22)16-15-35-14-13-23(19-35)21-8-3-1-4-9-21;3-2(4,5)1(6)7/h1-6,8-11,23-24H,7,12-20H2,(H2,33,39)(H,34,40);(H,6,7)/t23?,24-;/m0./s1. The van der Waals surface area contributed by atoms with Crippen molar-refractivity contribution in [3.8, 4) is 0 Å². The summed E-state index contributed by atoms with van der Waals surface area (Å²) in [5.41, 5.74) is 7.30. The van der Waals surface area contributed by atoms with Crippen LogP contribution in [0.25, 0.3) is 0 Å². The van der Waals surface area contributed by atoms with Crippen molar-refractivity contribution in [3.05, 3.63) is 71.8 Å². The van der Waals surface area contributed by atoms with Gasteiger partial charge in [0.2, 0.25) is 17.6 Å². The second-order valence-electron chi connectivity index (χ2n) is 10.7. The predicted molar refractivity (Wildman–Crippen MR) is 165 cm³/mol. The first kappa shape index (κ1) is 40.1. The third kappa shape index (κ3) is 13.9. The highest BCUT2D eigenvalue weighted by Gasteiger charge is 2.38. The van der Waals surface area contributed by atoms with Gasteiger partial charge < -0.3 is 26.0 Å². The minimum Gasteiger partial charge on any atom is -0.475 e. The zero-order valence-corrected chi connectivity index (χ0v) is 26.5. The molecule has 2 aromatic carbocycles. The fraction of sp³-hybridized carbons (Fsp3) is 0.452. The van der Waals surface area contributed by atoms with Crippen molar-refractivity contribution in [1.82, 2.24) is 15.1 Å². The highest BCUT2D eigenvalue weighted by molar-refractivity contribution is 7.99. The Morgan fingerprint density at radius 3 is 2.08 bits per heavy atom. The molecule has 2 aromatic rings. The number of carboxylic acid groups (broad SMARTS) is 1. The SMILES string of the molecule is NC(=O)[C@H](CCCSCC(=O)C(F)(F)F)N(CCN1CCC(c2ccccc2)C1)C(=O)CNC(=O)c1ccccc1.O=C(O)C(F)(F)F. The molecule has 1 saturated heterocycles. The van der Waals surface area contributed by atoms with Crippen molar-refractivity contribution in [2.75, 3.05) is 44.2 Å². The van der Waals surface area contributed by atoms with Crippen molar-refractivity contribution in [2.45, 2.75) is 43.6 Å². The Kier molecular flexibility index (Phi) is 15.9. The van der Waals surface area contributed by atoms with Crippen molar-refractivity contribution >= 4 is 41.2 Å². The quantitative estimate of drug-likeness (QED) is 0.187. The lowest BCUT2D eigenvalue weighted by atomic mass is 9.99. The first-order chi connectivity index (χ1) is 22.5. The van der Waals surface area contributed by atoms with E-state index < -0.39 is 53.6 Å². The predicted octanol–water partition coefficient (Wildman–Crippen LogP) is 3.87. The molecule has 3 amide bonds. The molecule has 0 aromatic heterocycles. The summed E-state index contributed by atoms with van der Waals surface area (Å²) in [4.78, 5) is 61.8. The molecular weight excluding hydrogens is 670 g/mol. The van der Waals surface area contributed by atoms with Crippen LogP contribution in [0.3, 0.4) is 0 Å². The molecule has 1 aliphatic heterocycles. The van der Waals surface area contributed by atoms with Gasteiger partial charge in [-0.15, -0.1) is 0 Å². The van der Waals surface area contributed by atoms with Crippen LogP contribution >= 0.6 is 11.8 Å². The van der Waals surface area contributed by atoms with Gasteiger partial charge in [0, 0.05) is 25.2 Å². The Balaban J connectivity index is 0.00000103. The molecular formula is C31H36F6N4O6S. The molecule has 0 radical (unpaired) electrons. The van der Waals surface area contributed by atoms with Gasteiger partial charge in [-0.25, -0.2) is 4.79 Å². The van der Waals surface area contributed by atoms with Crippen LogP contribution in [0.1, 0.15) is 41.1 Å². The molecule has 0 aliphatic carbocycles. The van der Waals surface area contributed by atoms with E-state index in [1.165, 1.54) is 10.5 Å². The van der Waals surface area contributed by atoms with Crippen LogP contribution in [-0.2, 0) is 19.2 Å². The average Bonchev–Trinajstić information content (AvgIpc) is 3.51. The number of amides is 3. The van der Waals surface area contributed by atoms with Gasteiger partial charge in [-0.05, 0) is 55.2 Å². The summed E-state index contributed by atoms with van der Waals surface area (Å²) < 4.78 is 69.1. The van der Waals surface area contributed by atoms with Crippen LogP contribution in [0.2, 0.25) is 0 Å². The summed E-state index contributed by atoms with van der Waals surface area (Å²) in [7, 11) is 0. The van der Waals surface area contributed by atoms with Crippen LogP contribution in [0, 0.1) is 0 Å². The number of nitrogens with one attached hydrogen (secondary N) is 1. The minimum atomic E-state index is -5.08. The second kappa shape index (κ2) is 19.0. The highest BCUT2D eigenvalue weighted by Crippen LogP contribution is 2.27. The fourth-order valence-corrected chi connectivity index (χ4v) is 5.63. The van der Waals surface area contributed by atoms with Crippen molar-refractivity contribution in [3.63, 3.8) is 0 Å². The Hall–Kier alpha value is -4.12. The molecule has 0 saturated carbocycles. The number of carbonyl (C=O) groups excluding carboxylic acids is 4. The fourth-order valence-electron chi connectivity index (χ4n) is 4.76. The number of thioether (sulfide) groups is 1. The Bertz CT molecular complexity index is 1360. The van der Waals surface area contributed by atoms with Gasteiger partial charge in [0.15, 0.2) is 0 Å². The van der Waals surface area contributed by atoms with E-state index in [9.17, 15) is 45.5 Å². The summed E-state index contributed by atoms with van der Waals surface area (Å²) in [6.45, 7) is 1.94.